The van der Waals surface area contributed by atoms with Crippen molar-refractivity contribution in [1.29, 1.82) is 0 Å². The minimum absolute atomic E-state index is 0.0339. The SMILES string of the molecule is CCC(NC(=O)CNC1CCCC1)c1cccc(Cl)c1. The molecule has 0 bridgehead atoms. The molecular formula is C16H23ClN2O. The summed E-state index contributed by atoms with van der Waals surface area (Å²) in [5.74, 6) is 0.0590. The van der Waals surface area contributed by atoms with Crippen molar-refractivity contribution in [2.45, 2.75) is 51.1 Å². The molecule has 1 amide bonds. The monoisotopic (exact) mass is 294 g/mol. The minimum atomic E-state index is 0.0339. The topological polar surface area (TPSA) is 41.1 Å². The Hall–Kier alpha value is -1.06. The molecule has 1 aromatic rings. The molecule has 2 N–H and O–H groups in total. The Morgan fingerprint density at radius 3 is 2.80 bits per heavy atom. The third-order valence-corrected chi connectivity index (χ3v) is 4.14. The van der Waals surface area contributed by atoms with E-state index in [4.69, 9.17) is 11.6 Å². The molecule has 0 saturated heterocycles. The van der Waals surface area contributed by atoms with Gasteiger partial charge in [-0.3, -0.25) is 4.79 Å². The van der Waals surface area contributed by atoms with E-state index in [0.29, 0.717) is 17.6 Å². The Labute approximate surface area is 126 Å². The molecule has 1 saturated carbocycles. The average molecular weight is 295 g/mol. The highest BCUT2D eigenvalue weighted by molar-refractivity contribution is 6.30. The smallest absolute Gasteiger partial charge is 0.234 e. The summed E-state index contributed by atoms with van der Waals surface area (Å²) in [6.07, 6.45) is 5.80. The summed E-state index contributed by atoms with van der Waals surface area (Å²) in [5, 5.41) is 7.12. The summed E-state index contributed by atoms with van der Waals surface area (Å²) >= 11 is 6.00. The Balaban J connectivity index is 1.84. The van der Waals surface area contributed by atoms with Crippen LogP contribution in [0.4, 0.5) is 0 Å². The van der Waals surface area contributed by atoms with Crippen LogP contribution in [0.1, 0.15) is 50.6 Å². The van der Waals surface area contributed by atoms with Crippen LogP contribution in [0, 0.1) is 0 Å². The molecule has 3 nitrogen and oxygen atoms in total. The summed E-state index contributed by atoms with van der Waals surface area (Å²) in [6.45, 7) is 2.47. The summed E-state index contributed by atoms with van der Waals surface area (Å²) in [5.41, 5.74) is 1.06. The van der Waals surface area contributed by atoms with Gasteiger partial charge in [-0.25, -0.2) is 0 Å². The van der Waals surface area contributed by atoms with Crippen molar-refractivity contribution in [3.8, 4) is 0 Å². The predicted octanol–water partition coefficient (Wildman–Crippen LogP) is 3.44. The quantitative estimate of drug-likeness (QED) is 0.844. The van der Waals surface area contributed by atoms with Gasteiger partial charge in [-0.15, -0.1) is 0 Å². The van der Waals surface area contributed by atoms with Gasteiger partial charge in [-0.1, -0.05) is 43.5 Å². The molecular weight excluding hydrogens is 272 g/mol. The second-order valence-corrected chi connectivity index (χ2v) is 5.88. The van der Waals surface area contributed by atoms with Crippen molar-refractivity contribution in [1.82, 2.24) is 10.6 Å². The lowest BCUT2D eigenvalue weighted by atomic mass is 10.0. The van der Waals surface area contributed by atoms with Crippen LogP contribution in [0.25, 0.3) is 0 Å². The fraction of sp³-hybridized carbons (Fsp3) is 0.562. The molecule has 1 fully saturated rings. The zero-order valence-electron chi connectivity index (χ0n) is 12.0. The van der Waals surface area contributed by atoms with Gasteiger partial charge >= 0.3 is 0 Å². The Morgan fingerprint density at radius 2 is 2.15 bits per heavy atom. The summed E-state index contributed by atoms with van der Waals surface area (Å²) < 4.78 is 0. The molecule has 0 aliphatic heterocycles. The van der Waals surface area contributed by atoms with Crippen molar-refractivity contribution < 1.29 is 4.79 Å². The van der Waals surface area contributed by atoms with E-state index >= 15 is 0 Å². The van der Waals surface area contributed by atoms with E-state index in [2.05, 4.69) is 17.6 Å². The van der Waals surface area contributed by atoms with E-state index in [0.717, 1.165) is 12.0 Å². The average Bonchev–Trinajstić information content (AvgIpc) is 2.96. The van der Waals surface area contributed by atoms with Crippen LogP contribution in [0.2, 0.25) is 5.02 Å². The maximum absolute atomic E-state index is 12.0. The van der Waals surface area contributed by atoms with Gasteiger partial charge in [0, 0.05) is 11.1 Å². The summed E-state index contributed by atoms with van der Waals surface area (Å²) in [4.78, 5) is 12.0. The number of rotatable bonds is 6. The van der Waals surface area contributed by atoms with Crippen molar-refractivity contribution in [2.75, 3.05) is 6.54 Å². The highest BCUT2D eigenvalue weighted by Crippen LogP contribution is 2.20. The zero-order chi connectivity index (χ0) is 14.4. The molecule has 1 aliphatic carbocycles. The van der Waals surface area contributed by atoms with Crippen LogP contribution in [-0.4, -0.2) is 18.5 Å². The zero-order valence-corrected chi connectivity index (χ0v) is 12.7. The Bertz CT molecular complexity index is 444. The second kappa shape index (κ2) is 7.65. The second-order valence-electron chi connectivity index (χ2n) is 5.45. The number of carbonyl (C=O) groups is 1. The van der Waals surface area contributed by atoms with Crippen LogP contribution in [-0.2, 0) is 4.79 Å². The number of carbonyl (C=O) groups excluding carboxylic acids is 1. The molecule has 0 heterocycles. The third kappa shape index (κ3) is 4.50. The number of amides is 1. The van der Waals surface area contributed by atoms with E-state index < -0.39 is 0 Å². The highest BCUT2D eigenvalue weighted by atomic mass is 35.5. The summed E-state index contributed by atoms with van der Waals surface area (Å²) in [7, 11) is 0. The molecule has 0 radical (unpaired) electrons. The van der Waals surface area contributed by atoms with Gasteiger partial charge in [-0.05, 0) is 37.0 Å². The highest BCUT2D eigenvalue weighted by Gasteiger charge is 2.17. The number of benzene rings is 1. The predicted molar refractivity (Wildman–Crippen MR) is 82.9 cm³/mol. The Morgan fingerprint density at radius 1 is 1.40 bits per heavy atom. The molecule has 0 aromatic heterocycles. The number of hydrogen-bond acceptors (Lipinski definition) is 2. The van der Waals surface area contributed by atoms with Crippen LogP contribution < -0.4 is 10.6 Å². The molecule has 1 atom stereocenters. The fourth-order valence-electron chi connectivity index (χ4n) is 2.76. The van der Waals surface area contributed by atoms with Gasteiger partial charge < -0.3 is 10.6 Å². The molecule has 110 valence electrons. The first kappa shape index (κ1) is 15.3. The maximum atomic E-state index is 12.0. The lowest BCUT2D eigenvalue weighted by Gasteiger charge is -2.19. The van der Waals surface area contributed by atoms with Gasteiger partial charge in [-0.2, -0.15) is 0 Å². The number of nitrogens with one attached hydrogen (secondary N) is 2. The molecule has 20 heavy (non-hydrogen) atoms. The molecule has 2 rings (SSSR count). The Kier molecular flexibility index (Phi) is 5.86. The van der Waals surface area contributed by atoms with Gasteiger partial charge in [0.25, 0.3) is 0 Å². The first-order chi connectivity index (χ1) is 9.69. The minimum Gasteiger partial charge on any atom is -0.348 e. The van der Waals surface area contributed by atoms with E-state index in [9.17, 15) is 4.79 Å². The summed E-state index contributed by atoms with van der Waals surface area (Å²) in [6, 6.07) is 8.24. The van der Waals surface area contributed by atoms with Crippen LogP contribution >= 0.6 is 11.6 Å². The standard InChI is InChI=1S/C16H23ClN2O/c1-2-15(12-6-5-7-13(17)10-12)19-16(20)11-18-14-8-3-4-9-14/h5-7,10,14-15,18H,2-4,8-9,11H2,1H3,(H,19,20). The lowest BCUT2D eigenvalue weighted by Crippen LogP contribution is -2.39. The normalized spacial score (nSPS) is 17.1. The first-order valence-electron chi connectivity index (χ1n) is 7.47. The van der Waals surface area contributed by atoms with Gasteiger partial charge in [0.15, 0.2) is 0 Å². The number of hydrogen-bond donors (Lipinski definition) is 2. The van der Waals surface area contributed by atoms with Crippen molar-refractivity contribution >= 4 is 17.5 Å². The van der Waals surface area contributed by atoms with Crippen molar-refractivity contribution in [3.05, 3.63) is 34.9 Å². The fourth-order valence-corrected chi connectivity index (χ4v) is 2.96. The van der Waals surface area contributed by atoms with E-state index in [-0.39, 0.29) is 11.9 Å². The third-order valence-electron chi connectivity index (χ3n) is 3.90. The molecule has 4 heteroatoms. The lowest BCUT2D eigenvalue weighted by molar-refractivity contribution is -0.121. The van der Waals surface area contributed by atoms with Gasteiger partial charge in [0.2, 0.25) is 5.91 Å². The van der Waals surface area contributed by atoms with Gasteiger partial charge in [0.05, 0.1) is 12.6 Å². The van der Waals surface area contributed by atoms with Crippen LogP contribution in [0.3, 0.4) is 0 Å². The van der Waals surface area contributed by atoms with E-state index in [1.54, 1.807) is 0 Å². The first-order valence-corrected chi connectivity index (χ1v) is 7.85. The molecule has 1 aromatic carbocycles. The molecule has 0 spiro atoms. The van der Waals surface area contributed by atoms with E-state index in [1.807, 2.05) is 24.3 Å². The van der Waals surface area contributed by atoms with E-state index in [1.165, 1.54) is 25.7 Å². The van der Waals surface area contributed by atoms with Crippen molar-refractivity contribution in [3.63, 3.8) is 0 Å². The number of halogens is 1. The maximum Gasteiger partial charge on any atom is 0.234 e. The van der Waals surface area contributed by atoms with Crippen molar-refractivity contribution in [2.24, 2.45) is 0 Å². The molecule has 1 aliphatic rings. The van der Waals surface area contributed by atoms with Gasteiger partial charge in [0.1, 0.15) is 0 Å². The molecule has 1 unspecified atom stereocenters. The van der Waals surface area contributed by atoms with Crippen LogP contribution in [0.5, 0.6) is 0 Å². The van der Waals surface area contributed by atoms with Crippen LogP contribution in [0.15, 0.2) is 24.3 Å². The largest absolute Gasteiger partial charge is 0.348 e.